The number of anilines is 1. The summed E-state index contributed by atoms with van der Waals surface area (Å²) in [6.07, 6.45) is 2.86. The first-order valence-electron chi connectivity index (χ1n) is 5.21. The average molecular weight is 207 g/mol. The number of halogens is 1. The number of benzene rings is 1. The summed E-state index contributed by atoms with van der Waals surface area (Å²) < 4.78 is 12.9. The van der Waals surface area contributed by atoms with E-state index in [1.807, 2.05) is 6.92 Å². The number of hydrogen-bond donors (Lipinski definition) is 1. The van der Waals surface area contributed by atoms with E-state index in [9.17, 15) is 9.18 Å². The highest BCUT2D eigenvalue weighted by molar-refractivity contribution is 5.91. The van der Waals surface area contributed by atoms with Crippen LogP contribution in [0.1, 0.15) is 24.8 Å². The lowest BCUT2D eigenvalue weighted by molar-refractivity contribution is -0.116. The second-order valence-electron chi connectivity index (χ2n) is 4.15. The van der Waals surface area contributed by atoms with Crippen molar-refractivity contribution in [3.05, 3.63) is 29.6 Å². The highest BCUT2D eigenvalue weighted by Crippen LogP contribution is 2.32. The molecule has 15 heavy (non-hydrogen) atoms. The third kappa shape index (κ3) is 2.78. The molecular weight excluding hydrogens is 193 g/mol. The van der Waals surface area contributed by atoms with Crippen LogP contribution in [0.15, 0.2) is 18.2 Å². The van der Waals surface area contributed by atoms with Gasteiger partial charge >= 0.3 is 0 Å². The fraction of sp³-hybridized carbons (Fsp3) is 0.417. The summed E-state index contributed by atoms with van der Waals surface area (Å²) >= 11 is 0. The van der Waals surface area contributed by atoms with E-state index in [1.54, 1.807) is 6.07 Å². The summed E-state index contributed by atoms with van der Waals surface area (Å²) in [7, 11) is 0. The van der Waals surface area contributed by atoms with Gasteiger partial charge in [0.1, 0.15) is 5.82 Å². The predicted octanol–water partition coefficient (Wildman–Crippen LogP) is 2.87. The maximum atomic E-state index is 12.9. The molecule has 1 aliphatic carbocycles. The van der Waals surface area contributed by atoms with Crippen LogP contribution < -0.4 is 5.32 Å². The molecule has 0 aromatic heterocycles. The summed E-state index contributed by atoms with van der Waals surface area (Å²) in [6, 6.07) is 4.42. The van der Waals surface area contributed by atoms with Crippen LogP contribution in [0.25, 0.3) is 0 Å². The van der Waals surface area contributed by atoms with Crippen molar-refractivity contribution in [3.63, 3.8) is 0 Å². The maximum Gasteiger partial charge on any atom is 0.224 e. The fourth-order valence-corrected chi connectivity index (χ4v) is 1.51. The van der Waals surface area contributed by atoms with Gasteiger partial charge in [-0.3, -0.25) is 4.79 Å². The molecular formula is C12H14FNO. The number of rotatable bonds is 3. The van der Waals surface area contributed by atoms with Gasteiger partial charge in [0, 0.05) is 12.1 Å². The van der Waals surface area contributed by atoms with Crippen LogP contribution in [0.5, 0.6) is 0 Å². The first kappa shape index (κ1) is 10.1. The van der Waals surface area contributed by atoms with Gasteiger partial charge in [0.25, 0.3) is 0 Å². The normalized spacial score (nSPS) is 15.1. The Morgan fingerprint density at radius 2 is 2.27 bits per heavy atom. The van der Waals surface area contributed by atoms with Crippen LogP contribution in [0.3, 0.4) is 0 Å². The van der Waals surface area contributed by atoms with Gasteiger partial charge in [0.2, 0.25) is 5.91 Å². The van der Waals surface area contributed by atoms with Crippen molar-refractivity contribution in [1.29, 1.82) is 0 Å². The molecule has 0 atom stereocenters. The standard InChI is InChI=1S/C12H14FNO/c1-8-2-5-10(13)7-11(8)14-12(15)6-9-3-4-9/h2,5,7,9H,3-4,6H2,1H3,(H,14,15). The van der Waals surface area contributed by atoms with Gasteiger partial charge in [0.05, 0.1) is 0 Å². The molecule has 2 nitrogen and oxygen atoms in total. The molecule has 1 N–H and O–H groups in total. The molecule has 0 heterocycles. The van der Waals surface area contributed by atoms with E-state index < -0.39 is 0 Å². The van der Waals surface area contributed by atoms with E-state index in [0.29, 0.717) is 18.0 Å². The number of carbonyl (C=O) groups excluding carboxylic acids is 1. The SMILES string of the molecule is Cc1ccc(F)cc1NC(=O)CC1CC1. The van der Waals surface area contributed by atoms with Gasteiger partial charge < -0.3 is 5.32 Å². The van der Waals surface area contributed by atoms with E-state index in [0.717, 1.165) is 18.4 Å². The van der Waals surface area contributed by atoms with Crippen LogP contribution in [0.4, 0.5) is 10.1 Å². The van der Waals surface area contributed by atoms with Crippen molar-refractivity contribution in [1.82, 2.24) is 0 Å². The zero-order valence-corrected chi connectivity index (χ0v) is 8.72. The van der Waals surface area contributed by atoms with Gasteiger partial charge in [-0.25, -0.2) is 4.39 Å². The van der Waals surface area contributed by atoms with Gasteiger partial charge in [-0.1, -0.05) is 6.07 Å². The Morgan fingerprint density at radius 3 is 2.93 bits per heavy atom. The van der Waals surface area contributed by atoms with Crippen molar-refractivity contribution in [2.45, 2.75) is 26.2 Å². The van der Waals surface area contributed by atoms with E-state index >= 15 is 0 Å². The smallest absolute Gasteiger partial charge is 0.224 e. The topological polar surface area (TPSA) is 29.1 Å². The van der Waals surface area contributed by atoms with Crippen LogP contribution in [0, 0.1) is 18.7 Å². The van der Waals surface area contributed by atoms with E-state index in [2.05, 4.69) is 5.32 Å². The minimum absolute atomic E-state index is 0.00815. The lowest BCUT2D eigenvalue weighted by Gasteiger charge is -2.07. The summed E-state index contributed by atoms with van der Waals surface area (Å²) in [6.45, 7) is 1.85. The summed E-state index contributed by atoms with van der Waals surface area (Å²) in [5.74, 6) is 0.229. The zero-order valence-electron chi connectivity index (χ0n) is 8.72. The van der Waals surface area contributed by atoms with Gasteiger partial charge in [-0.2, -0.15) is 0 Å². The highest BCUT2D eigenvalue weighted by atomic mass is 19.1. The first-order chi connectivity index (χ1) is 7.15. The summed E-state index contributed by atoms with van der Waals surface area (Å²) in [5, 5.41) is 2.74. The lowest BCUT2D eigenvalue weighted by Crippen LogP contribution is -2.12. The Balaban J connectivity index is 2.01. The number of carbonyl (C=O) groups is 1. The summed E-state index contributed by atoms with van der Waals surface area (Å²) in [5.41, 5.74) is 1.47. The third-order valence-electron chi connectivity index (χ3n) is 2.64. The van der Waals surface area contributed by atoms with E-state index in [4.69, 9.17) is 0 Å². The van der Waals surface area contributed by atoms with Crippen LogP contribution >= 0.6 is 0 Å². The van der Waals surface area contributed by atoms with Crippen LogP contribution in [-0.2, 0) is 4.79 Å². The van der Waals surface area contributed by atoms with E-state index in [-0.39, 0.29) is 11.7 Å². The Bertz CT molecular complexity index is 385. The largest absolute Gasteiger partial charge is 0.326 e. The Morgan fingerprint density at radius 1 is 1.53 bits per heavy atom. The molecule has 0 saturated heterocycles. The number of aryl methyl sites for hydroxylation is 1. The summed E-state index contributed by atoms with van der Waals surface area (Å²) in [4.78, 5) is 11.5. The van der Waals surface area contributed by atoms with E-state index in [1.165, 1.54) is 12.1 Å². The molecule has 1 aromatic carbocycles. The second-order valence-corrected chi connectivity index (χ2v) is 4.15. The Kier molecular flexibility index (Phi) is 2.71. The first-order valence-corrected chi connectivity index (χ1v) is 5.21. The Hall–Kier alpha value is -1.38. The number of hydrogen-bond acceptors (Lipinski definition) is 1. The molecule has 1 fully saturated rings. The molecule has 0 aliphatic heterocycles. The Labute approximate surface area is 88.5 Å². The van der Waals surface area contributed by atoms with Crippen molar-refractivity contribution >= 4 is 11.6 Å². The van der Waals surface area contributed by atoms with Crippen LogP contribution in [-0.4, -0.2) is 5.91 Å². The monoisotopic (exact) mass is 207 g/mol. The zero-order chi connectivity index (χ0) is 10.8. The van der Waals surface area contributed by atoms with Crippen molar-refractivity contribution < 1.29 is 9.18 Å². The van der Waals surface area contributed by atoms with Crippen molar-refractivity contribution in [2.75, 3.05) is 5.32 Å². The average Bonchev–Trinajstić information content (AvgIpc) is 2.95. The highest BCUT2D eigenvalue weighted by Gasteiger charge is 2.24. The molecule has 0 bridgehead atoms. The van der Waals surface area contributed by atoms with Gasteiger partial charge in [0.15, 0.2) is 0 Å². The van der Waals surface area contributed by atoms with Crippen LogP contribution in [0.2, 0.25) is 0 Å². The minimum atomic E-state index is -0.317. The number of amides is 1. The van der Waals surface area contributed by atoms with Crippen molar-refractivity contribution in [2.24, 2.45) is 5.92 Å². The minimum Gasteiger partial charge on any atom is -0.326 e. The number of nitrogens with one attached hydrogen (secondary N) is 1. The quantitative estimate of drug-likeness (QED) is 0.811. The third-order valence-corrected chi connectivity index (χ3v) is 2.64. The molecule has 1 saturated carbocycles. The van der Waals surface area contributed by atoms with Gasteiger partial charge in [-0.05, 0) is 43.4 Å². The molecule has 2 rings (SSSR count). The predicted molar refractivity (Wildman–Crippen MR) is 57.1 cm³/mol. The second kappa shape index (κ2) is 4.01. The maximum absolute atomic E-state index is 12.9. The molecule has 0 spiro atoms. The molecule has 1 aromatic rings. The fourth-order valence-electron chi connectivity index (χ4n) is 1.51. The molecule has 3 heteroatoms. The molecule has 1 amide bonds. The van der Waals surface area contributed by atoms with Crippen molar-refractivity contribution in [3.8, 4) is 0 Å². The lowest BCUT2D eigenvalue weighted by atomic mass is 10.2. The molecule has 1 aliphatic rings. The molecule has 80 valence electrons. The molecule has 0 radical (unpaired) electrons. The molecule has 0 unspecified atom stereocenters. The van der Waals surface area contributed by atoms with Gasteiger partial charge in [-0.15, -0.1) is 0 Å².